The highest BCUT2D eigenvalue weighted by Gasteiger charge is 2.13. The fraction of sp³-hybridized carbons (Fsp3) is 0.222. The minimum absolute atomic E-state index is 0.591. The molecule has 0 fully saturated rings. The fourth-order valence-electron chi connectivity index (χ4n) is 4.09. The van der Waals surface area contributed by atoms with Gasteiger partial charge in [-0.2, -0.15) is 10.3 Å². The van der Waals surface area contributed by atoms with E-state index in [1.165, 1.54) is 11.1 Å². The van der Waals surface area contributed by atoms with Crippen molar-refractivity contribution in [1.29, 1.82) is 0 Å². The number of aromatic nitrogens is 7. The molecule has 0 aliphatic rings. The van der Waals surface area contributed by atoms with Crippen LogP contribution in [-0.2, 0) is 19.4 Å². The highest BCUT2D eigenvalue weighted by atomic mass is 15.5. The van der Waals surface area contributed by atoms with Gasteiger partial charge in [-0.15, -0.1) is 10.2 Å². The molecule has 3 aromatic carbocycles. The molecule has 0 saturated heterocycles. The summed E-state index contributed by atoms with van der Waals surface area (Å²) in [4.78, 5) is 4.87. The topological polar surface area (TPSA) is 85.2 Å². The number of hydrogen-bond acceptors (Lipinski definition) is 5. The standard InChI is InChI=1S/C27H27N7/c1-2-3-13-26-28-25(18-20-9-5-4-6-10-20)31-34(26)19-21-14-16-22(17-15-21)23-11-7-8-12-24(23)27-29-32-33-30-27/h4-12,14-17H,2-3,13,18-19H2,1H3,(H,29,30,32,33). The van der Waals surface area contributed by atoms with Crippen molar-refractivity contribution in [2.45, 2.75) is 39.2 Å². The van der Waals surface area contributed by atoms with E-state index in [1.54, 1.807) is 0 Å². The van der Waals surface area contributed by atoms with Gasteiger partial charge in [-0.3, -0.25) is 0 Å². The maximum absolute atomic E-state index is 4.87. The lowest BCUT2D eigenvalue weighted by Crippen LogP contribution is -2.07. The van der Waals surface area contributed by atoms with Crippen molar-refractivity contribution in [2.24, 2.45) is 0 Å². The van der Waals surface area contributed by atoms with E-state index in [4.69, 9.17) is 10.1 Å². The molecule has 0 aliphatic heterocycles. The summed E-state index contributed by atoms with van der Waals surface area (Å²) >= 11 is 0. The van der Waals surface area contributed by atoms with Crippen LogP contribution in [0.5, 0.6) is 0 Å². The molecule has 0 unspecified atom stereocenters. The molecule has 2 heterocycles. The average Bonchev–Trinajstić information content (AvgIpc) is 3.54. The molecule has 0 bridgehead atoms. The third-order valence-electron chi connectivity index (χ3n) is 5.86. The van der Waals surface area contributed by atoms with Crippen LogP contribution in [0.3, 0.4) is 0 Å². The summed E-state index contributed by atoms with van der Waals surface area (Å²) < 4.78 is 2.07. The molecule has 1 N–H and O–H groups in total. The lowest BCUT2D eigenvalue weighted by molar-refractivity contribution is 0.615. The van der Waals surface area contributed by atoms with Crippen LogP contribution < -0.4 is 0 Å². The Balaban J connectivity index is 1.38. The smallest absolute Gasteiger partial charge is 0.205 e. The van der Waals surface area contributed by atoms with Crippen molar-refractivity contribution in [1.82, 2.24) is 35.4 Å². The molecule has 34 heavy (non-hydrogen) atoms. The number of rotatable bonds is 9. The number of aromatic amines is 1. The van der Waals surface area contributed by atoms with Gasteiger partial charge < -0.3 is 0 Å². The number of nitrogens with zero attached hydrogens (tertiary/aromatic N) is 6. The van der Waals surface area contributed by atoms with Gasteiger partial charge in [-0.05, 0) is 33.9 Å². The van der Waals surface area contributed by atoms with Crippen molar-refractivity contribution in [3.8, 4) is 22.5 Å². The Morgan fingerprint density at radius 2 is 1.59 bits per heavy atom. The highest BCUT2D eigenvalue weighted by molar-refractivity contribution is 5.80. The monoisotopic (exact) mass is 449 g/mol. The number of H-pyrrole nitrogens is 1. The molecule has 0 saturated carbocycles. The van der Waals surface area contributed by atoms with Crippen LogP contribution in [0.1, 0.15) is 42.5 Å². The Morgan fingerprint density at radius 1 is 0.824 bits per heavy atom. The maximum Gasteiger partial charge on any atom is 0.205 e. The van der Waals surface area contributed by atoms with E-state index < -0.39 is 0 Å². The number of benzene rings is 3. The second-order valence-electron chi connectivity index (χ2n) is 8.35. The molecule has 0 amide bonds. The summed E-state index contributed by atoms with van der Waals surface area (Å²) in [6.45, 7) is 2.91. The van der Waals surface area contributed by atoms with Crippen molar-refractivity contribution >= 4 is 0 Å². The zero-order valence-electron chi connectivity index (χ0n) is 19.2. The molecular formula is C27H27N7. The summed E-state index contributed by atoms with van der Waals surface area (Å²) in [5.41, 5.74) is 5.55. The van der Waals surface area contributed by atoms with E-state index in [0.717, 1.165) is 54.0 Å². The summed E-state index contributed by atoms with van der Waals surface area (Å²) in [7, 11) is 0. The normalized spacial score (nSPS) is 11.1. The first kappa shape index (κ1) is 21.7. The summed E-state index contributed by atoms with van der Waals surface area (Å²) in [6.07, 6.45) is 3.93. The first-order valence-electron chi connectivity index (χ1n) is 11.7. The SMILES string of the molecule is CCCCc1nc(Cc2ccccc2)nn1Cc1ccc(-c2ccccc2-c2nn[nH]n2)cc1. The number of nitrogens with one attached hydrogen (secondary N) is 1. The van der Waals surface area contributed by atoms with E-state index in [0.29, 0.717) is 12.4 Å². The first-order chi connectivity index (χ1) is 16.8. The Hall–Kier alpha value is -4.13. The van der Waals surface area contributed by atoms with Crippen LogP contribution in [-0.4, -0.2) is 35.4 Å². The minimum atomic E-state index is 0.591. The van der Waals surface area contributed by atoms with Crippen molar-refractivity contribution in [3.63, 3.8) is 0 Å². The third-order valence-corrected chi connectivity index (χ3v) is 5.86. The van der Waals surface area contributed by atoms with Gasteiger partial charge in [-0.1, -0.05) is 92.2 Å². The van der Waals surface area contributed by atoms with E-state index >= 15 is 0 Å². The Kier molecular flexibility index (Phi) is 6.52. The summed E-state index contributed by atoms with van der Waals surface area (Å²) in [6, 6.07) is 27.1. The van der Waals surface area contributed by atoms with Crippen molar-refractivity contribution in [3.05, 3.63) is 102 Å². The Bertz CT molecular complexity index is 1320. The Labute approximate surface area is 198 Å². The zero-order chi connectivity index (χ0) is 23.2. The fourth-order valence-corrected chi connectivity index (χ4v) is 4.09. The second-order valence-corrected chi connectivity index (χ2v) is 8.35. The molecule has 170 valence electrons. The number of aryl methyl sites for hydroxylation is 1. The number of tetrazole rings is 1. The quantitative estimate of drug-likeness (QED) is 0.338. The number of hydrogen-bond donors (Lipinski definition) is 1. The Morgan fingerprint density at radius 3 is 2.32 bits per heavy atom. The first-order valence-corrected chi connectivity index (χ1v) is 11.7. The molecule has 0 aliphatic carbocycles. The van der Waals surface area contributed by atoms with E-state index in [-0.39, 0.29) is 0 Å². The van der Waals surface area contributed by atoms with Gasteiger partial charge in [0.2, 0.25) is 5.82 Å². The zero-order valence-corrected chi connectivity index (χ0v) is 19.2. The van der Waals surface area contributed by atoms with E-state index in [2.05, 4.69) is 86.8 Å². The van der Waals surface area contributed by atoms with Gasteiger partial charge in [-0.25, -0.2) is 9.67 Å². The van der Waals surface area contributed by atoms with Crippen molar-refractivity contribution < 1.29 is 0 Å². The van der Waals surface area contributed by atoms with Gasteiger partial charge in [0, 0.05) is 18.4 Å². The van der Waals surface area contributed by atoms with Gasteiger partial charge in [0.1, 0.15) is 5.82 Å². The predicted octanol–water partition coefficient (Wildman–Crippen LogP) is 5.11. The molecular weight excluding hydrogens is 422 g/mol. The second kappa shape index (κ2) is 10.2. The van der Waals surface area contributed by atoms with Crippen LogP contribution >= 0.6 is 0 Å². The minimum Gasteiger partial charge on any atom is -0.245 e. The number of unbranched alkanes of at least 4 members (excludes halogenated alkanes) is 1. The van der Waals surface area contributed by atoms with Crippen LogP contribution in [0.2, 0.25) is 0 Å². The van der Waals surface area contributed by atoms with Crippen LogP contribution in [0.4, 0.5) is 0 Å². The van der Waals surface area contributed by atoms with Gasteiger partial charge in [0.25, 0.3) is 0 Å². The summed E-state index contributed by atoms with van der Waals surface area (Å²) in [5.74, 6) is 2.52. The third kappa shape index (κ3) is 4.93. The predicted molar refractivity (Wildman–Crippen MR) is 132 cm³/mol. The van der Waals surface area contributed by atoms with E-state index in [1.807, 2.05) is 24.3 Å². The summed E-state index contributed by atoms with van der Waals surface area (Å²) in [5, 5.41) is 19.4. The molecule has 5 rings (SSSR count). The molecule has 0 radical (unpaired) electrons. The molecule has 2 aromatic heterocycles. The maximum atomic E-state index is 4.87. The van der Waals surface area contributed by atoms with E-state index in [9.17, 15) is 0 Å². The van der Waals surface area contributed by atoms with Gasteiger partial charge in [0.05, 0.1) is 6.54 Å². The highest BCUT2D eigenvalue weighted by Crippen LogP contribution is 2.29. The van der Waals surface area contributed by atoms with Gasteiger partial charge in [0.15, 0.2) is 5.82 Å². The van der Waals surface area contributed by atoms with Crippen LogP contribution in [0.15, 0.2) is 78.9 Å². The largest absolute Gasteiger partial charge is 0.245 e. The molecule has 0 atom stereocenters. The molecule has 7 nitrogen and oxygen atoms in total. The molecule has 5 aromatic rings. The van der Waals surface area contributed by atoms with Crippen molar-refractivity contribution in [2.75, 3.05) is 0 Å². The van der Waals surface area contributed by atoms with Crippen LogP contribution in [0, 0.1) is 0 Å². The molecule has 7 heteroatoms. The molecule has 0 spiro atoms. The lowest BCUT2D eigenvalue weighted by Gasteiger charge is -2.09. The lowest BCUT2D eigenvalue weighted by atomic mass is 9.98. The van der Waals surface area contributed by atoms with Crippen LogP contribution in [0.25, 0.3) is 22.5 Å². The average molecular weight is 450 g/mol. The van der Waals surface area contributed by atoms with Gasteiger partial charge >= 0.3 is 0 Å².